The van der Waals surface area contributed by atoms with E-state index in [9.17, 15) is 4.79 Å². The van der Waals surface area contributed by atoms with Crippen molar-refractivity contribution in [2.24, 2.45) is 0 Å². The standard InChI is InChI=1S/C16H24N2O/c1-10-7-11(2)13(4)15(12(10)3)8-18-16(19)9-17-14-5-6-14/h7,14,17H,5-6,8-9H2,1-4H3,(H,18,19). The summed E-state index contributed by atoms with van der Waals surface area (Å²) >= 11 is 0. The van der Waals surface area contributed by atoms with Gasteiger partial charge in [-0.15, -0.1) is 0 Å². The summed E-state index contributed by atoms with van der Waals surface area (Å²) in [7, 11) is 0. The highest BCUT2D eigenvalue weighted by molar-refractivity contribution is 5.78. The van der Waals surface area contributed by atoms with Crippen LogP contribution in [-0.2, 0) is 11.3 Å². The predicted octanol–water partition coefficient (Wildman–Crippen LogP) is 2.29. The molecule has 1 aliphatic rings. The number of benzene rings is 1. The molecule has 1 aliphatic carbocycles. The van der Waals surface area contributed by atoms with Crippen LogP contribution >= 0.6 is 0 Å². The number of aryl methyl sites for hydroxylation is 2. The van der Waals surface area contributed by atoms with Crippen LogP contribution < -0.4 is 10.6 Å². The number of amides is 1. The zero-order valence-corrected chi connectivity index (χ0v) is 12.4. The normalized spacial score (nSPS) is 14.5. The Morgan fingerprint density at radius 3 is 2.26 bits per heavy atom. The lowest BCUT2D eigenvalue weighted by atomic mass is 9.94. The second-order valence-electron chi connectivity index (χ2n) is 5.67. The van der Waals surface area contributed by atoms with Crippen molar-refractivity contribution in [1.29, 1.82) is 0 Å². The molecule has 0 aliphatic heterocycles. The van der Waals surface area contributed by atoms with Crippen LogP contribution in [0.25, 0.3) is 0 Å². The molecule has 104 valence electrons. The lowest BCUT2D eigenvalue weighted by Crippen LogP contribution is -2.34. The summed E-state index contributed by atoms with van der Waals surface area (Å²) in [6, 6.07) is 2.79. The molecule has 19 heavy (non-hydrogen) atoms. The molecule has 1 aromatic carbocycles. The molecule has 2 rings (SSSR count). The summed E-state index contributed by atoms with van der Waals surface area (Å²) in [6.45, 7) is 9.58. The van der Waals surface area contributed by atoms with Gasteiger partial charge in [0.25, 0.3) is 0 Å². The van der Waals surface area contributed by atoms with E-state index in [1.807, 2.05) is 0 Å². The van der Waals surface area contributed by atoms with E-state index in [2.05, 4.69) is 44.4 Å². The van der Waals surface area contributed by atoms with E-state index in [0.29, 0.717) is 19.1 Å². The average Bonchev–Trinajstić information content (AvgIpc) is 3.18. The summed E-state index contributed by atoms with van der Waals surface area (Å²) in [4.78, 5) is 11.8. The van der Waals surface area contributed by atoms with Crippen molar-refractivity contribution in [2.75, 3.05) is 6.54 Å². The maximum absolute atomic E-state index is 11.8. The molecule has 0 spiro atoms. The number of hydrogen-bond donors (Lipinski definition) is 2. The summed E-state index contributed by atoms with van der Waals surface area (Å²) in [6.07, 6.45) is 2.42. The van der Waals surface area contributed by atoms with Crippen LogP contribution in [0.15, 0.2) is 6.07 Å². The molecule has 1 fully saturated rings. The number of hydrogen-bond acceptors (Lipinski definition) is 2. The highest BCUT2D eigenvalue weighted by Crippen LogP contribution is 2.21. The molecule has 1 saturated carbocycles. The maximum atomic E-state index is 11.8. The fourth-order valence-electron chi connectivity index (χ4n) is 2.34. The van der Waals surface area contributed by atoms with Crippen molar-refractivity contribution < 1.29 is 4.79 Å². The number of nitrogens with one attached hydrogen (secondary N) is 2. The van der Waals surface area contributed by atoms with Gasteiger partial charge in [-0.3, -0.25) is 4.79 Å². The van der Waals surface area contributed by atoms with Gasteiger partial charge in [0.05, 0.1) is 6.54 Å². The highest BCUT2D eigenvalue weighted by atomic mass is 16.1. The molecule has 3 nitrogen and oxygen atoms in total. The minimum absolute atomic E-state index is 0.0878. The van der Waals surface area contributed by atoms with Gasteiger partial charge in [-0.1, -0.05) is 6.07 Å². The molecule has 0 atom stereocenters. The first-order valence-corrected chi connectivity index (χ1v) is 7.05. The Morgan fingerprint density at radius 1 is 1.16 bits per heavy atom. The Morgan fingerprint density at radius 2 is 1.74 bits per heavy atom. The molecular formula is C16H24N2O. The summed E-state index contributed by atoms with van der Waals surface area (Å²) < 4.78 is 0. The number of rotatable bonds is 5. The van der Waals surface area contributed by atoms with E-state index < -0.39 is 0 Å². The molecule has 0 heterocycles. The molecule has 0 bridgehead atoms. The molecule has 0 unspecified atom stereocenters. The van der Waals surface area contributed by atoms with Crippen molar-refractivity contribution in [3.63, 3.8) is 0 Å². The first kappa shape index (κ1) is 14.1. The van der Waals surface area contributed by atoms with Gasteiger partial charge in [0.15, 0.2) is 0 Å². The van der Waals surface area contributed by atoms with E-state index in [0.717, 1.165) is 0 Å². The Balaban J connectivity index is 1.96. The van der Waals surface area contributed by atoms with Crippen molar-refractivity contribution in [3.8, 4) is 0 Å². The Hall–Kier alpha value is -1.35. The minimum atomic E-state index is 0.0878. The van der Waals surface area contributed by atoms with Gasteiger partial charge in [-0.2, -0.15) is 0 Å². The fraction of sp³-hybridized carbons (Fsp3) is 0.562. The van der Waals surface area contributed by atoms with E-state index in [4.69, 9.17) is 0 Å². The second-order valence-corrected chi connectivity index (χ2v) is 5.67. The molecule has 0 radical (unpaired) electrons. The zero-order valence-electron chi connectivity index (χ0n) is 12.4. The predicted molar refractivity (Wildman–Crippen MR) is 78.3 cm³/mol. The van der Waals surface area contributed by atoms with Gasteiger partial charge < -0.3 is 10.6 Å². The quantitative estimate of drug-likeness (QED) is 0.853. The van der Waals surface area contributed by atoms with Crippen LogP contribution in [0.1, 0.15) is 40.7 Å². The third-order valence-electron chi connectivity index (χ3n) is 4.11. The minimum Gasteiger partial charge on any atom is -0.351 e. The van der Waals surface area contributed by atoms with Gasteiger partial charge >= 0.3 is 0 Å². The third-order valence-corrected chi connectivity index (χ3v) is 4.11. The van der Waals surface area contributed by atoms with Crippen LogP contribution in [0, 0.1) is 27.7 Å². The van der Waals surface area contributed by atoms with Gasteiger partial charge in [-0.25, -0.2) is 0 Å². The van der Waals surface area contributed by atoms with Crippen LogP contribution in [-0.4, -0.2) is 18.5 Å². The van der Waals surface area contributed by atoms with E-state index in [1.54, 1.807) is 0 Å². The topological polar surface area (TPSA) is 41.1 Å². The average molecular weight is 260 g/mol. The van der Waals surface area contributed by atoms with Gasteiger partial charge in [0.1, 0.15) is 0 Å². The number of carbonyl (C=O) groups excluding carboxylic acids is 1. The second kappa shape index (κ2) is 5.74. The van der Waals surface area contributed by atoms with Crippen molar-refractivity contribution >= 4 is 5.91 Å². The molecule has 0 saturated heterocycles. The van der Waals surface area contributed by atoms with Crippen molar-refractivity contribution in [2.45, 2.75) is 53.1 Å². The smallest absolute Gasteiger partial charge is 0.234 e. The van der Waals surface area contributed by atoms with Crippen LogP contribution in [0.5, 0.6) is 0 Å². The number of carbonyl (C=O) groups is 1. The first-order valence-electron chi connectivity index (χ1n) is 7.05. The summed E-state index contributed by atoms with van der Waals surface area (Å²) in [5, 5.41) is 6.25. The molecule has 0 aromatic heterocycles. The summed E-state index contributed by atoms with van der Waals surface area (Å²) in [5.74, 6) is 0.0878. The zero-order chi connectivity index (χ0) is 14.0. The van der Waals surface area contributed by atoms with Crippen molar-refractivity contribution in [3.05, 3.63) is 33.9 Å². The largest absolute Gasteiger partial charge is 0.351 e. The van der Waals surface area contributed by atoms with E-state index >= 15 is 0 Å². The Labute approximate surface area is 115 Å². The van der Waals surface area contributed by atoms with Gasteiger partial charge in [0.2, 0.25) is 5.91 Å². The monoisotopic (exact) mass is 260 g/mol. The maximum Gasteiger partial charge on any atom is 0.234 e. The van der Waals surface area contributed by atoms with Crippen LogP contribution in [0.2, 0.25) is 0 Å². The first-order chi connectivity index (χ1) is 8.99. The van der Waals surface area contributed by atoms with E-state index in [1.165, 1.54) is 40.7 Å². The van der Waals surface area contributed by atoms with Gasteiger partial charge in [-0.05, 0) is 68.4 Å². The third kappa shape index (κ3) is 3.57. The SMILES string of the molecule is Cc1cc(C)c(C)c(CNC(=O)CNC2CC2)c1C. The van der Waals surface area contributed by atoms with Gasteiger partial charge in [0, 0.05) is 12.6 Å². The lowest BCUT2D eigenvalue weighted by molar-refractivity contribution is -0.120. The van der Waals surface area contributed by atoms with Crippen molar-refractivity contribution in [1.82, 2.24) is 10.6 Å². The Kier molecular flexibility index (Phi) is 4.25. The van der Waals surface area contributed by atoms with Crippen LogP contribution in [0.4, 0.5) is 0 Å². The summed E-state index contributed by atoms with van der Waals surface area (Å²) in [5.41, 5.74) is 6.43. The molecule has 2 N–H and O–H groups in total. The molecule has 3 heteroatoms. The van der Waals surface area contributed by atoms with E-state index in [-0.39, 0.29) is 5.91 Å². The van der Waals surface area contributed by atoms with Crippen LogP contribution in [0.3, 0.4) is 0 Å². The fourth-order valence-corrected chi connectivity index (χ4v) is 2.34. The molecule has 1 aromatic rings. The highest BCUT2D eigenvalue weighted by Gasteiger charge is 2.21. The lowest BCUT2D eigenvalue weighted by Gasteiger charge is -2.16. The Bertz CT molecular complexity index is 464. The molecule has 1 amide bonds. The molecular weight excluding hydrogens is 236 g/mol.